The lowest BCUT2D eigenvalue weighted by atomic mass is 9.93. The van der Waals surface area contributed by atoms with E-state index in [1.165, 1.54) is 29.2 Å². The number of nitrogens with one attached hydrogen (secondary N) is 1. The lowest BCUT2D eigenvalue weighted by Crippen LogP contribution is -2.40. The smallest absolute Gasteiger partial charge is 0.274 e. The van der Waals surface area contributed by atoms with E-state index < -0.39 is 0 Å². The van der Waals surface area contributed by atoms with Gasteiger partial charge < -0.3 is 29.5 Å². The topological polar surface area (TPSA) is 117 Å². The summed E-state index contributed by atoms with van der Waals surface area (Å²) in [5, 5.41) is 13.7. The number of aliphatic hydroxyl groups is 1. The minimum absolute atomic E-state index is 0.0742. The molecule has 1 saturated carbocycles. The monoisotopic (exact) mass is 605 g/mol. The quantitative estimate of drug-likeness (QED) is 0.324. The van der Waals surface area contributed by atoms with E-state index in [1.54, 1.807) is 41.2 Å². The molecule has 2 amide bonds. The summed E-state index contributed by atoms with van der Waals surface area (Å²) >= 11 is 0. The number of amides is 2. The van der Waals surface area contributed by atoms with Crippen molar-refractivity contribution in [2.75, 3.05) is 43.1 Å². The fraction of sp³-hybridized carbons (Fsp3) is 0.314. The van der Waals surface area contributed by atoms with Gasteiger partial charge in [-0.25, -0.2) is 4.98 Å². The van der Waals surface area contributed by atoms with Crippen LogP contribution >= 0.6 is 0 Å². The lowest BCUT2D eigenvalue weighted by molar-refractivity contribution is 0.0302. The van der Waals surface area contributed by atoms with Gasteiger partial charge in [0.25, 0.3) is 17.4 Å². The highest BCUT2D eigenvalue weighted by Gasteiger charge is 2.30. The first-order valence-corrected chi connectivity index (χ1v) is 15.4. The van der Waals surface area contributed by atoms with Gasteiger partial charge in [0.05, 0.1) is 31.1 Å². The van der Waals surface area contributed by atoms with Crippen molar-refractivity contribution in [3.05, 3.63) is 105 Å². The van der Waals surface area contributed by atoms with E-state index in [4.69, 9.17) is 4.74 Å². The van der Waals surface area contributed by atoms with Crippen LogP contribution in [0.15, 0.2) is 71.8 Å². The minimum atomic E-state index is -0.283. The van der Waals surface area contributed by atoms with Gasteiger partial charge >= 0.3 is 0 Å². The Balaban J connectivity index is 1.16. The van der Waals surface area contributed by atoms with Crippen LogP contribution < -0.4 is 15.8 Å². The van der Waals surface area contributed by atoms with Gasteiger partial charge in [-0.05, 0) is 72.2 Å². The van der Waals surface area contributed by atoms with Gasteiger partial charge in [-0.2, -0.15) is 0 Å². The van der Waals surface area contributed by atoms with Gasteiger partial charge in [0, 0.05) is 55.8 Å². The highest BCUT2D eigenvalue weighted by Crippen LogP contribution is 2.41. The maximum atomic E-state index is 13.7. The third-order valence-electron chi connectivity index (χ3n) is 8.92. The van der Waals surface area contributed by atoms with E-state index in [0.717, 1.165) is 17.5 Å². The Labute approximate surface area is 260 Å². The predicted molar refractivity (Wildman–Crippen MR) is 171 cm³/mol. The molecule has 10 nitrogen and oxygen atoms in total. The van der Waals surface area contributed by atoms with Gasteiger partial charge in [-0.3, -0.25) is 14.4 Å². The molecule has 1 aliphatic carbocycles. The third-order valence-corrected chi connectivity index (χ3v) is 8.92. The molecule has 10 heteroatoms. The van der Waals surface area contributed by atoms with Crippen molar-refractivity contribution in [2.45, 2.75) is 31.8 Å². The second-order valence-electron chi connectivity index (χ2n) is 11.9. The number of anilines is 3. The van der Waals surface area contributed by atoms with Crippen molar-refractivity contribution in [2.24, 2.45) is 7.05 Å². The Hall–Kier alpha value is -4.80. The van der Waals surface area contributed by atoms with Crippen molar-refractivity contribution >= 4 is 29.0 Å². The van der Waals surface area contributed by atoms with Gasteiger partial charge in [0.15, 0.2) is 0 Å². The van der Waals surface area contributed by atoms with Crippen LogP contribution in [-0.4, -0.2) is 64.2 Å². The van der Waals surface area contributed by atoms with Crippen LogP contribution in [0, 0.1) is 0 Å². The highest BCUT2D eigenvalue weighted by atomic mass is 16.5. The number of fused-ring (bicyclic) bond motifs is 1. The number of ether oxygens (including phenoxy) is 1. The average molecular weight is 606 g/mol. The second kappa shape index (κ2) is 11.9. The molecule has 0 radical (unpaired) electrons. The number of benzene rings is 2. The summed E-state index contributed by atoms with van der Waals surface area (Å²) in [6.07, 6.45) is 6.40. The number of morpholine rings is 1. The van der Waals surface area contributed by atoms with Crippen molar-refractivity contribution in [3.63, 3.8) is 0 Å². The maximum absolute atomic E-state index is 13.7. The molecule has 7 rings (SSSR count). The summed E-state index contributed by atoms with van der Waals surface area (Å²) in [6.45, 7) is 2.35. The Morgan fingerprint density at radius 1 is 1.02 bits per heavy atom. The standard InChI is InChI=1S/C35H35N5O5/c1-38-20-26(18-30(35(38)44)37-32-10-8-25(19-36-32)33(42)39-13-15-45-16-14-39)27-3-2-4-31(29(27)21-41)40-12-11-24-17-23(22-5-6-22)7-9-28(24)34(40)43/h2-4,7-10,17-20,22,41H,5-6,11-16,21H2,1H3,(H,36,37). The van der Waals surface area contributed by atoms with E-state index in [-0.39, 0.29) is 24.0 Å². The van der Waals surface area contributed by atoms with E-state index >= 15 is 0 Å². The normalized spacial score (nSPS) is 16.4. The molecule has 2 N–H and O–H groups in total. The fourth-order valence-corrected chi connectivity index (χ4v) is 6.30. The molecule has 1 saturated heterocycles. The van der Waals surface area contributed by atoms with E-state index in [1.807, 2.05) is 24.3 Å². The van der Waals surface area contributed by atoms with E-state index in [0.29, 0.717) is 78.2 Å². The fourth-order valence-electron chi connectivity index (χ4n) is 6.30. The Kier molecular flexibility index (Phi) is 7.68. The van der Waals surface area contributed by atoms with Gasteiger partial charge in [-0.1, -0.05) is 24.3 Å². The van der Waals surface area contributed by atoms with Gasteiger partial charge in [0.2, 0.25) is 0 Å². The molecule has 45 heavy (non-hydrogen) atoms. The van der Waals surface area contributed by atoms with Crippen LogP contribution in [0.2, 0.25) is 0 Å². The average Bonchev–Trinajstić information content (AvgIpc) is 3.93. The Bertz CT molecular complexity index is 1840. The number of rotatable bonds is 7. The summed E-state index contributed by atoms with van der Waals surface area (Å²) in [5.41, 5.74) is 6.29. The molecular formula is C35H35N5O5. The number of carbonyl (C=O) groups excluding carboxylic acids is 2. The van der Waals surface area contributed by atoms with Gasteiger partial charge in [-0.15, -0.1) is 0 Å². The number of hydrogen-bond acceptors (Lipinski definition) is 7. The Morgan fingerprint density at radius 2 is 1.84 bits per heavy atom. The molecule has 2 aromatic heterocycles. The summed E-state index contributed by atoms with van der Waals surface area (Å²) in [6, 6.07) is 16.9. The van der Waals surface area contributed by atoms with Gasteiger partial charge in [0.1, 0.15) is 11.5 Å². The molecule has 0 spiro atoms. The SMILES string of the molecule is Cn1cc(-c2cccc(N3CCc4cc(C5CC5)ccc4C3=O)c2CO)cc(Nc2ccc(C(=O)N3CCOCC3)cn2)c1=O. The second-order valence-corrected chi connectivity index (χ2v) is 11.9. The van der Waals surface area contributed by atoms with Crippen LogP contribution in [-0.2, 0) is 24.8 Å². The molecule has 0 unspecified atom stereocenters. The first-order chi connectivity index (χ1) is 21.9. The number of aliphatic hydroxyl groups excluding tert-OH is 1. The van der Waals surface area contributed by atoms with Crippen molar-refractivity contribution in [3.8, 4) is 11.1 Å². The largest absolute Gasteiger partial charge is 0.392 e. The number of hydrogen-bond donors (Lipinski definition) is 2. The number of aromatic nitrogens is 2. The first kappa shape index (κ1) is 28.9. The zero-order valence-corrected chi connectivity index (χ0v) is 25.2. The third kappa shape index (κ3) is 5.63. The Morgan fingerprint density at radius 3 is 2.58 bits per heavy atom. The molecule has 4 aromatic rings. The maximum Gasteiger partial charge on any atom is 0.274 e. The van der Waals surface area contributed by atoms with Crippen LogP contribution in [0.3, 0.4) is 0 Å². The molecule has 4 heterocycles. The van der Waals surface area contributed by atoms with Crippen LogP contribution in [0.25, 0.3) is 11.1 Å². The highest BCUT2D eigenvalue weighted by molar-refractivity contribution is 6.09. The summed E-state index contributed by atoms with van der Waals surface area (Å²) < 4.78 is 6.81. The molecule has 2 aliphatic heterocycles. The zero-order valence-electron chi connectivity index (χ0n) is 25.2. The number of aryl methyl sites for hydroxylation is 1. The van der Waals surface area contributed by atoms with E-state index in [2.05, 4.69) is 22.4 Å². The number of pyridine rings is 2. The van der Waals surface area contributed by atoms with Crippen molar-refractivity contribution < 1.29 is 19.4 Å². The van der Waals surface area contributed by atoms with Crippen LogP contribution in [0.4, 0.5) is 17.2 Å². The molecule has 0 bridgehead atoms. The predicted octanol–water partition coefficient (Wildman–Crippen LogP) is 4.24. The summed E-state index contributed by atoms with van der Waals surface area (Å²) in [7, 11) is 1.66. The molecular weight excluding hydrogens is 570 g/mol. The molecule has 2 aromatic carbocycles. The lowest BCUT2D eigenvalue weighted by Gasteiger charge is -2.31. The van der Waals surface area contributed by atoms with Crippen LogP contribution in [0.1, 0.15) is 56.2 Å². The molecule has 230 valence electrons. The van der Waals surface area contributed by atoms with Crippen molar-refractivity contribution in [1.29, 1.82) is 0 Å². The summed E-state index contributed by atoms with van der Waals surface area (Å²) in [5.74, 6) is 0.864. The zero-order chi connectivity index (χ0) is 31.1. The van der Waals surface area contributed by atoms with E-state index in [9.17, 15) is 19.5 Å². The summed E-state index contributed by atoms with van der Waals surface area (Å²) in [4.78, 5) is 47.5. The molecule has 2 fully saturated rings. The molecule has 3 aliphatic rings. The number of carbonyl (C=O) groups is 2. The van der Waals surface area contributed by atoms with Crippen molar-refractivity contribution in [1.82, 2.24) is 14.5 Å². The number of nitrogens with zero attached hydrogens (tertiary/aromatic N) is 4. The minimum Gasteiger partial charge on any atom is -0.392 e. The van der Waals surface area contributed by atoms with Crippen LogP contribution in [0.5, 0.6) is 0 Å². The first-order valence-electron chi connectivity index (χ1n) is 15.4. The molecule has 0 atom stereocenters.